The average molecular weight is 316 g/mol. The summed E-state index contributed by atoms with van der Waals surface area (Å²) in [5, 5.41) is 11.0. The fourth-order valence-electron chi connectivity index (χ4n) is 1.87. The van der Waals surface area contributed by atoms with Gasteiger partial charge in [0.05, 0.1) is 19.1 Å². The van der Waals surface area contributed by atoms with Crippen LogP contribution in [0.5, 0.6) is 0 Å². The van der Waals surface area contributed by atoms with E-state index in [4.69, 9.17) is 11.6 Å². The third kappa shape index (κ3) is 3.49. The van der Waals surface area contributed by atoms with Crippen LogP contribution >= 0.6 is 11.6 Å². The maximum absolute atomic E-state index is 11.9. The number of rotatable bonds is 5. The van der Waals surface area contributed by atoms with Crippen LogP contribution in [0.2, 0.25) is 5.02 Å². The summed E-state index contributed by atoms with van der Waals surface area (Å²) in [6.45, 7) is 1.33. The Bertz CT molecular complexity index is 570. The Kier molecular flexibility index (Phi) is 5.26. The van der Waals surface area contributed by atoms with Gasteiger partial charge in [0.15, 0.2) is 5.41 Å². The van der Waals surface area contributed by atoms with Gasteiger partial charge in [0.1, 0.15) is 0 Å². The molecule has 7 nitrogen and oxygen atoms in total. The Labute approximate surface area is 125 Å². The number of nitro groups is 1. The van der Waals surface area contributed by atoms with Crippen LogP contribution in [0, 0.1) is 15.5 Å². The van der Waals surface area contributed by atoms with E-state index in [0.29, 0.717) is 0 Å². The first-order valence-corrected chi connectivity index (χ1v) is 6.23. The highest BCUT2D eigenvalue weighted by molar-refractivity contribution is 6.31. The van der Waals surface area contributed by atoms with Crippen molar-refractivity contribution in [3.05, 3.63) is 38.9 Å². The lowest BCUT2D eigenvalue weighted by Crippen LogP contribution is -2.40. The van der Waals surface area contributed by atoms with Crippen molar-refractivity contribution in [2.75, 3.05) is 14.2 Å². The zero-order chi connectivity index (χ0) is 16.2. The Morgan fingerprint density at radius 1 is 1.29 bits per heavy atom. The molecule has 21 heavy (non-hydrogen) atoms. The minimum absolute atomic E-state index is 0.174. The Balaban J connectivity index is 3.27. The predicted molar refractivity (Wildman–Crippen MR) is 73.9 cm³/mol. The van der Waals surface area contributed by atoms with Crippen molar-refractivity contribution in [3.63, 3.8) is 0 Å². The van der Waals surface area contributed by atoms with Crippen molar-refractivity contribution in [2.45, 2.75) is 13.3 Å². The predicted octanol–water partition coefficient (Wildman–Crippen LogP) is 2.14. The minimum Gasteiger partial charge on any atom is -0.468 e. The molecule has 1 rings (SSSR count). The lowest BCUT2D eigenvalue weighted by atomic mass is 9.83. The Morgan fingerprint density at radius 2 is 1.81 bits per heavy atom. The molecule has 0 radical (unpaired) electrons. The minimum atomic E-state index is -1.64. The van der Waals surface area contributed by atoms with E-state index in [1.54, 1.807) is 0 Å². The molecular weight excluding hydrogens is 302 g/mol. The van der Waals surface area contributed by atoms with E-state index >= 15 is 0 Å². The van der Waals surface area contributed by atoms with Crippen molar-refractivity contribution < 1.29 is 24.0 Å². The SMILES string of the molecule is COC(=O)C(C)(Cc1cc([N+](=O)[O-])ccc1Cl)C(=O)OC. The standard InChI is InChI=1S/C13H14ClNO6/c1-13(11(16)20-2,12(17)21-3)7-8-6-9(15(18)19)4-5-10(8)14/h4-6H,7H2,1-3H3. The van der Waals surface area contributed by atoms with Gasteiger partial charge in [-0.25, -0.2) is 0 Å². The number of halogens is 1. The Morgan fingerprint density at radius 3 is 2.24 bits per heavy atom. The topological polar surface area (TPSA) is 95.7 Å². The fourth-order valence-corrected chi connectivity index (χ4v) is 2.05. The molecule has 1 aromatic rings. The number of carbonyl (C=O) groups excluding carboxylic acids is 2. The quantitative estimate of drug-likeness (QED) is 0.357. The second kappa shape index (κ2) is 6.53. The molecule has 114 valence electrons. The van der Waals surface area contributed by atoms with E-state index in [9.17, 15) is 19.7 Å². The summed E-state index contributed by atoms with van der Waals surface area (Å²) in [6, 6.07) is 3.79. The van der Waals surface area contributed by atoms with Crippen molar-refractivity contribution in [2.24, 2.45) is 5.41 Å². The molecule has 8 heteroatoms. The summed E-state index contributed by atoms with van der Waals surface area (Å²) in [4.78, 5) is 33.9. The first-order chi connectivity index (χ1) is 9.76. The second-order valence-electron chi connectivity index (χ2n) is 4.52. The van der Waals surface area contributed by atoms with Crippen LogP contribution in [0.25, 0.3) is 0 Å². The molecule has 0 aromatic heterocycles. The van der Waals surface area contributed by atoms with Crippen LogP contribution in [-0.4, -0.2) is 31.1 Å². The number of methoxy groups -OCH3 is 2. The van der Waals surface area contributed by atoms with E-state index in [1.807, 2.05) is 0 Å². The first-order valence-electron chi connectivity index (χ1n) is 5.86. The van der Waals surface area contributed by atoms with Crippen LogP contribution in [-0.2, 0) is 25.5 Å². The molecule has 0 amide bonds. The van der Waals surface area contributed by atoms with Crippen molar-refractivity contribution >= 4 is 29.2 Å². The van der Waals surface area contributed by atoms with Gasteiger partial charge in [-0.1, -0.05) is 11.6 Å². The number of carbonyl (C=O) groups is 2. The van der Waals surface area contributed by atoms with E-state index in [-0.39, 0.29) is 22.7 Å². The highest BCUT2D eigenvalue weighted by atomic mass is 35.5. The molecule has 0 heterocycles. The van der Waals surface area contributed by atoms with Gasteiger partial charge in [-0.15, -0.1) is 0 Å². The van der Waals surface area contributed by atoms with E-state index in [0.717, 1.165) is 14.2 Å². The smallest absolute Gasteiger partial charge is 0.323 e. The zero-order valence-electron chi connectivity index (χ0n) is 11.7. The molecule has 1 aromatic carbocycles. The third-order valence-electron chi connectivity index (χ3n) is 3.06. The summed E-state index contributed by atoms with van der Waals surface area (Å²) < 4.78 is 9.22. The summed E-state index contributed by atoms with van der Waals surface area (Å²) in [6.07, 6.45) is -0.174. The van der Waals surface area contributed by atoms with Gasteiger partial charge in [0.2, 0.25) is 0 Å². The fraction of sp³-hybridized carbons (Fsp3) is 0.385. The number of non-ortho nitro benzene ring substituents is 1. The van der Waals surface area contributed by atoms with E-state index in [2.05, 4.69) is 9.47 Å². The second-order valence-corrected chi connectivity index (χ2v) is 4.93. The molecular formula is C13H14ClNO6. The van der Waals surface area contributed by atoms with Crippen LogP contribution in [0.4, 0.5) is 5.69 Å². The number of ether oxygens (including phenoxy) is 2. The molecule has 0 N–H and O–H groups in total. The molecule has 0 saturated heterocycles. The number of nitrogens with zero attached hydrogens (tertiary/aromatic N) is 1. The largest absolute Gasteiger partial charge is 0.468 e. The maximum Gasteiger partial charge on any atom is 0.323 e. The van der Waals surface area contributed by atoms with Crippen LogP contribution in [0.3, 0.4) is 0 Å². The number of hydrogen-bond donors (Lipinski definition) is 0. The lowest BCUT2D eigenvalue weighted by Gasteiger charge is -2.24. The lowest BCUT2D eigenvalue weighted by molar-refractivity contribution is -0.384. The molecule has 0 atom stereocenters. The summed E-state index contributed by atoms with van der Waals surface area (Å²) in [7, 11) is 2.27. The summed E-state index contributed by atoms with van der Waals surface area (Å²) >= 11 is 5.98. The molecule has 0 saturated carbocycles. The molecule has 0 unspecified atom stereocenters. The number of benzene rings is 1. The van der Waals surface area contributed by atoms with Gasteiger partial charge >= 0.3 is 11.9 Å². The van der Waals surface area contributed by atoms with Gasteiger partial charge in [0, 0.05) is 23.6 Å². The number of hydrogen-bond acceptors (Lipinski definition) is 6. The molecule has 0 spiro atoms. The normalized spacial score (nSPS) is 10.9. The van der Waals surface area contributed by atoms with Gasteiger partial charge in [-0.05, 0) is 18.6 Å². The highest BCUT2D eigenvalue weighted by Crippen LogP contribution is 2.31. The van der Waals surface area contributed by atoms with Crippen molar-refractivity contribution in [1.29, 1.82) is 0 Å². The Hall–Kier alpha value is -2.15. The molecule has 0 aliphatic carbocycles. The highest BCUT2D eigenvalue weighted by Gasteiger charge is 2.44. The summed E-state index contributed by atoms with van der Waals surface area (Å²) in [5.41, 5.74) is -1.54. The van der Waals surface area contributed by atoms with Crippen molar-refractivity contribution in [1.82, 2.24) is 0 Å². The monoisotopic (exact) mass is 315 g/mol. The van der Waals surface area contributed by atoms with Crippen LogP contribution < -0.4 is 0 Å². The molecule has 0 aliphatic rings. The number of nitro benzene ring substituents is 1. The van der Waals surface area contributed by atoms with Gasteiger partial charge in [-0.2, -0.15) is 0 Å². The molecule has 0 aliphatic heterocycles. The van der Waals surface area contributed by atoms with Crippen LogP contribution in [0.15, 0.2) is 18.2 Å². The van der Waals surface area contributed by atoms with Gasteiger partial charge in [-0.3, -0.25) is 19.7 Å². The van der Waals surface area contributed by atoms with E-state index in [1.165, 1.54) is 25.1 Å². The van der Waals surface area contributed by atoms with Gasteiger partial charge < -0.3 is 9.47 Å². The molecule has 0 bridgehead atoms. The summed E-state index contributed by atoms with van der Waals surface area (Å²) in [5.74, 6) is -1.62. The van der Waals surface area contributed by atoms with Crippen LogP contribution in [0.1, 0.15) is 12.5 Å². The first kappa shape index (κ1) is 16.9. The number of esters is 2. The van der Waals surface area contributed by atoms with Crippen molar-refractivity contribution in [3.8, 4) is 0 Å². The van der Waals surface area contributed by atoms with E-state index < -0.39 is 22.3 Å². The maximum atomic E-state index is 11.9. The zero-order valence-corrected chi connectivity index (χ0v) is 12.5. The molecule has 0 fully saturated rings. The third-order valence-corrected chi connectivity index (χ3v) is 3.42. The van der Waals surface area contributed by atoms with Gasteiger partial charge in [0.25, 0.3) is 5.69 Å². The average Bonchev–Trinajstić information content (AvgIpc) is 2.47.